The van der Waals surface area contributed by atoms with Crippen molar-refractivity contribution >= 4 is 11.7 Å². The van der Waals surface area contributed by atoms with Crippen LogP contribution in [0.2, 0.25) is 0 Å². The van der Waals surface area contributed by atoms with E-state index in [2.05, 4.69) is 25.3 Å². The highest BCUT2D eigenvalue weighted by Gasteiger charge is 2.37. The third-order valence-corrected chi connectivity index (χ3v) is 5.13. The molecule has 4 rings (SSSR count). The lowest BCUT2D eigenvalue weighted by molar-refractivity contribution is -0.142. The fraction of sp³-hybridized carbons (Fsp3) is 0.500. The molecule has 1 unspecified atom stereocenters. The van der Waals surface area contributed by atoms with Gasteiger partial charge in [0.1, 0.15) is 12.0 Å². The highest BCUT2D eigenvalue weighted by Crippen LogP contribution is 2.33. The van der Waals surface area contributed by atoms with Crippen molar-refractivity contribution in [2.45, 2.75) is 44.7 Å². The van der Waals surface area contributed by atoms with Crippen LogP contribution < -0.4 is 0 Å². The average molecular weight is 407 g/mol. The molecule has 1 aliphatic rings. The van der Waals surface area contributed by atoms with E-state index in [4.69, 9.17) is 0 Å². The van der Waals surface area contributed by atoms with E-state index in [0.29, 0.717) is 29.6 Å². The largest absolute Gasteiger partial charge is 0.433 e. The number of H-pyrrole nitrogens is 1. The summed E-state index contributed by atoms with van der Waals surface area (Å²) in [5, 5.41) is 10.6. The zero-order valence-corrected chi connectivity index (χ0v) is 15.9. The number of aromatic amines is 1. The van der Waals surface area contributed by atoms with Crippen molar-refractivity contribution < 1.29 is 18.0 Å². The molecule has 154 valence electrons. The number of piperidine rings is 1. The van der Waals surface area contributed by atoms with Crippen molar-refractivity contribution in [3.05, 3.63) is 41.2 Å². The first-order valence-electron chi connectivity index (χ1n) is 9.36. The van der Waals surface area contributed by atoms with Crippen LogP contribution >= 0.6 is 0 Å². The van der Waals surface area contributed by atoms with Crippen LogP contribution in [0.25, 0.3) is 5.78 Å². The summed E-state index contributed by atoms with van der Waals surface area (Å²) < 4.78 is 41.0. The van der Waals surface area contributed by atoms with E-state index in [0.717, 1.165) is 18.1 Å². The Kier molecular flexibility index (Phi) is 4.75. The highest BCUT2D eigenvalue weighted by molar-refractivity contribution is 5.92. The molecule has 1 atom stereocenters. The van der Waals surface area contributed by atoms with Crippen LogP contribution in [0.5, 0.6) is 0 Å². The molecule has 3 aromatic rings. The minimum atomic E-state index is -4.59. The second kappa shape index (κ2) is 7.12. The second-order valence-electron chi connectivity index (χ2n) is 7.49. The maximum absolute atomic E-state index is 13.4. The zero-order chi connectivity index (χ0) is 20.8. The van der Waals surface area contributed by atoms with Gasteiger partial charge in [-0.15, -0.1) is 0 Å². The standard InChI is InChI=1S/C18H20F3N7O/c1-10(2)12-6-14(26-25-12)16(29)27-5-3-4-11(8-27)13-7-15(18(19,20)21)28-17(24-13)22-9-23-28/h6-7,9-11H,3-5,8H2,1-2H3,(H,25,26). The molecule has 0 radical (unpaired) electrons. The van der Waals surface area contributed by atoms with Gasteiger partial charge in [0, 0.05) is 24.7 Å². The molecule has 0 bridgehead atoms. The molecular formula is C18H20F3N7O. The summed E-state index contributed by atoms with van der Waals surface area (Å²) in [6.45, 7) is 4.78. The Balaban J connectivity index is 1.60. The minimum Gasteiger partial charge on any atom is -0.337 e. The number of hydrogen-bond acceptors (Lipinski definition) is 5. The van der Waals surface area contributed by atoms with Crippen LogP contribution in [0.15, 0.2) is 18.5 Å². The Morgan fingerprint density at radius 2 is 2.10 bits per heavy atom. The lowest BCUT2D eigenvalue weighted by Crippen LogP contribution is -2.39. The molecule has 0 spiro atoms. The maximum Gasteiger partial charge on any atom is 0.433 e. The van der Waals surface area contributed by atoms with Crippen LogP contribution in [0.3, 0.4) is 0 Å². The number of carbonyl (C=O) groups is 1. The Hall–Kier alpha value is -2.98. The van der Waals surface area contributed by atoms with Gasteiger partial charge in [0.15, 0.2) is 5.69 Å². The van der Waals surface area contributed by atoms with Gasteiger partial charge in [-0.3, -0.25) is 9.89 Å². The fourth-order valence-electron chi connectivity index (χ4n) is 3.55. The van der Waals surface area contributed by atoms with E-state index in [1.807, 2.05) is 13.8 Å². The summed E-state index contributed by atoms with van der Waals surface area (Å²) in [6.07, 6.45) is -2.24. The van der Waals surface area contributed by atoms with Gasteiger partial charge in [-0.25, -0.2) is 4.98 Å². The fourth-order valence-corrected chi connectivity index (χ4v) is 3.55. The summed E-state index contributed by atoms with van der Waals surface area (Å²) in [7, 11) is 0. The molecule has 1 aliphatic heterocycles. The molecule has 4 heterocycles. The molecule has 29 heavy (non-hydrogen) atoms. The van der Waals surface area contributed by atoms with Gasteiger partial charge >= 0.3 is 6.18 Å². The molecule has 1 saturated heterocycles. The summed E-state index contributed by atoms with van der Waals surface area (Å²) in [4.78, 5) is 22.5. The van der Waals surface area contributed by atoms with Crippen molar-refractivity contribution in [3.63, 3.8) is 0 Å². The first kappa shape index (κ1) is 19.3. The van der Waals surface area contributed by atoms with E-state index in [1.165, 1.54) is 0 Å². The third-order valence-electron chi connectivity index (χ3n) is 5.13. The molecular weight excluding hydrogens is 387 g/mol. The van der Waals surface area contributed by atoms with Gasteiger partial charge in [-0.2, -0.15) is 32.9 Å². The molecule has 1 N–H and O–H groups in total. The smallest absolute Gasteiger partial charge is 0.337 e. The van der Waals surface area contributed by atoms with E-state index >= 15 is 0 Å². The molecule has 11 heteroatoms. The van der Waals surface area contributed by atoms with E-state index in [9.17, 15) is 18.0 Å². The number of amides is 1. The first-order chi connectivity index (χ1) is 13.7. The number of nitrogens with zero attached hydrogens (tertiary/aromatic N) is 6. The number of fused-ring (bicyclic) bond motifs is 1. The van der Waals surface area contributed by atoms with Crippen LogP contribution in [-0.2, 0) is 6.18 Å². The maximum atomic E-state index is 13.4. The second-order valence-corrected chi connectivity index (χ2v) is 7.49. The summed E-state index contributed by atoms with van der Waals surface area (Å²) in [5.74, 6) is -0.457. The van der Waals surface area contributed by atoms with Gasteiger partial charge in [-0.1, -0.05) is 13.8 Å². The van der Waals surface area contributed by atoms with Crippen LogP contribution in [0, 0.1) is 0 Å². The lowest BCUT2D eigenvalue weighted by Gasteiger charge is -2.32. The zero-order valence-electron chi connectivity index (χ0n) is 15.9. The molecule has 0 saturated carbocycles. The summed E-state index contributed by atoms with van der Waals surface area (Å²) in [5.41, 5.74) is 0.509. The monoisotopic (exact) mass is 407 g/mol. The molecule has 3 aromatic heterocycles. The van der Waals surface area contributed by atoms with Gasteiger partial charge in [0.05, 0.1) is 5.69 Å². The van der Waals surface area contributed by atoms with Crippen LogP contribution in [-0.4, -0.2) is 53.7 Å². The molecule has 8 nitrogen and oxygen atoms in total. The van der Waals surface area contributed by atoms with Crippen molar-refractivity contribution in [3.8, 4) is 0 Å². The first-order valence-corrected chi connectivity index (χ1v) is 9.36. The summed E-state index contributed by atoms with van der Waals surface area (Å²) >= 11 is 0. The highest BCUT2D eigenvalue weighted by atomic mass is 19.4. The van der Waals surface area contributed by atoms with Crippen molar-refractivity contribution in [1.29, 1.82) is 0 Å². The number of rotatable bonds is 3. The van der Waals surface area contributed by atoms with Crippen molar-refractivity contribution in [2.24, 2.45) is 0 Å². The number of aromatic nitrogens is 6. The lowest BCUT2D eigenvalue weighted by atomic mass is 9.93. The molecule has 0 aromatic carbocycles. The van der Waals surface area contributed by atoms with Crippen molar-refractivity contribution in [1.82, 2.24) is 34.7 Å². The topological polar surface area (TPSA) is 92.1 Å². The van der Waals surface area contributed by atoms with E-state index in [-0.39, 0.29) is 35.8 Å². The van der Waals surface area contributed by atoms with Gasteiger partial charge in [0.2, 0.25) is 0 Å². The average Bonchev–Trinajstić information content (AvgIpc) is 3.35. The predicted octanol–water partition coefficient (Wildman–Crippen LogP) is 3.01. The van der Waals surface area contributed by atoms with Crippen LogP contribution in [0.1, 0.15) is 66.1 Å². The minimum absolute atomic E-state index is 0.104. The Labute approximate surface area is 164 Å². The summed E-state index contributed by atoms with van der Waals surface area (Å²) in [6, 6.07) is 2.73. The molecule has 0 aliphatic carbocycles. The van der Waals surface area contributed by atoms with Gasteiger partial charge < -0.3 is 4.90 Å². The number of nitrogens with one attached hydrogen (secondary N) is 1. The molecule has 1 fully saturated rings. The van der Waals surface area contributed by atoms with Gasteiger partial charge in [0.25, 0.3) is 11.7 Å². The number of carbonyl (C=O) groups excluding carboxylic acids is 1. The number of halogens is 3. The number of hydrogen-bond donors (Lipinski definition) is 1. The van der Waals surface area contributed by atoms with Crippen molar-refractivity contribution in [2.75, 3.05) is 13.1 Å². The third kappa shape index (κ3) is 3.68. The molecule has 1 amide bonds. The Morgan fingerprint density at radius 1 is 1.31 bits per heavy atom. The Morgan fingerprint density at radius 3 is 2.79 bits per heavy atom. The van der Waals surface area contributed by atoms with Crippen LogP contribution in [0.4, 0.5) is 13.2 Å². The van der Waals surface area contributed by atoms with E-state index in [1.54, 1.807) is 11.0 Å². The predicted molar refractivity (Wildman–Crippen MR) is 96.3 cm³/mol. The quantitative estimate of drug-likeness (QED) is 0.721. The SMILES string of the molecule is CC(C)c1cc(C(=O)N2CCCC(c3cc(C(F)(F)F)n4ncnc4n3)C2)n[nH]1. The Bertz CT molecular complexity index is 1040. The number of likely N-dealkylation sites (tertiary alicyclic amines) is 1. The van der Waals surface area contributed by atoms with Gasteiger partial charge in [-0.05, 0) is 30.9 Å². The van der Waals surface area contributed by atoms with E-state index < -0.39 is 11.9 Å². The number of alkyl halides is 3. The normalized spacial score (nSPS) is 18.0.